The van der Waals surface area contributed by atoms with Crippen LogP contribution in [0, 0.1) is 5.82 Å². The molecule has 1 saturated carbocycles. The number of anilines is 1. The fourth-order valence-corrected chi connectivity index (χ4v) is 4.81. The second-order valence-electron chi connectivity index (χ2n) is 8.71. The lowest BCUT2D eigenvalue weighted by Gasteiger charge is -2.32. The molecule has 0 aromatic carbocycles. The van der Waals surface area contributed by atoms with Gasteiger partial charge in [-0.3, -0.25) is 4.79 Å². The Bertz CT molecular complexity index is 1150. The van der Waals surface area contributed by atoms with E-state index in [2.05, 4.69) is 30.6 Å². The van der Waals surface area contributed by atoms with E-state index in [1.165, 1.54) is 6.20 Å². The van der Waals surface area contributed by atoms with Crippen molar-refractivity contribution in [3.8, 4) is 11.4 Å². The highest BCUT2D eigenvalue weighted by molar-refractivity contribution is 6.31. The molecule has 3 N–H and O–H groups in total. The first-order valence-electron chi connectivity index (χ1n) is 11.4. The van der Waals surface area contributed by atoms with Crippen molar-refractivity contribution in [3.05, 3.63) is 35.5 Å². The number of aromatic nitrogens is 4. The predicted octanol–water partition coefficient (Wildman–Crippen LogP) is 4.22. The van der Waals surface area contributed by atoms with Gasteiger partial charge in [0.05, 0.1) is 11.2 Å². The van der Waals surface area contributed by atoms with Crippen molar-refractivity contribution in [1.82, 2.24) is 25.3 Å². The van der Waals surface area contributed by atoms with E-state index >= 15 is 0 Å². The highest BCUT2D eigenvalue weighted by Crippen LogP contribution is 2.29. The summed E-state index contributed by atoms with van der Waals surface area (Å²) in [4.78, 5) is 28.5. The van der Waals surface area contributed by atoms with E-state index < -0.39 is 5.82 Å². The predicted molar refractivity (Wildman–Crippen MR) is 123 cm³/mol. The molecule has 5 rings (SSSR count). The van der Waals surface area contributed by atoms with Crippen LogP contribution >= 0.6 is 11.6 Å². The first-order valence-corrected chi connectivity index (χ1v) is 11.8. The Morgan fingerprint density at radius 3 is 2.88 bits per heavy atom. The summed E-state index contributed by atoms with van der Waals surface area (Å²) in [6.07, 6.45) is 10.3. The molecule has 1 aliphatic carbocycles. The lowest BCUT2D eigenvalue weighted by Crippen LogP contribution is -2.47. The van der Waals surface area contributed by atoms with Crippen LogP contribution in [-0.4, -0.2) is 50.6 Å². The number of carbonyl (C=O) groups excluding carboxylic acids is 1. The average Bonchev–Trinajstić information content (AvgIpc) is 3.24. The van der Waals surface area contributed by atoms with E-state index in [0.717, 1.165) is 43.9 Å². The van der Waals surface area contributed by atoms with Crippen LogP contribution in [0.4, 0.5) is 10.2 Å². The first-order chi connectivity index (χ1) is 16.1. The van der Waals surface area contributed by atoms with Crippen LogP contribution < -0.4 is 10.6 Å². The van der Waals surface area contributed by atoms with Crippen LogP contribution in [-0.2, 0) is 9.53 Å². The Morgan fingerprint density at radius 2 is 2.03 bits per heavy atom. The largest absolute Gasteiger partial charge is 0.368 e. The number of rotatable bonds is 5. The van der Waals surface area contributed by atoms with E-state index in [0.29, 0.717) is 35.1 Å². The summed E-state index contributed by atoms with van der Waals surface area (Å²) < 4.78 is 20.2. The van der Waals surface area contributed by atoms with E-state index in [9.17, 15) is 9.18 Å². The standard InChI is InChI=1S/C23H26ClFN6O2/c24-13-8-16-17(11-27-20(16)26-10-13)21-28-12-18(25)22(31-21)29-14-4-3-5-15(9-14)30-23(32)19-6-1-2-7-33-19/h8,10-12,14-15,19H,1-7,9H2,(H,26,27)(H,30,32)(H,28,29,31)/t14-,15?,19?/m1/s1. The molecule has 2 fully saturated rings. The van der Waals surface area contributed by atoms with Gasteiger partial charge < -0.3 is 20.4 Å². The number of halogens is 2. The molecular formula is C23H26ClFN6O2. The number of carbonyl (C=O) groups is 1. The number of hydrogen-bond donors (Lipinski definition) is 3. The zero-order valence-corrected chi connectivity index (χ0v) is 18.9. The molecule has 174 valence electrons. The third-order valence-corrected chi connectivity index (χ3v) is 6.52. The summed E-state index contributed by atoms with van der Waals surface area (Å²) in [7, 11) is 0. The monoisotopic (exact) mass is 472 g/mol. The molecule has 1 aliphatic heterocycles. The van der Waals surface area contributed by atoms with Crippen molar-refractivity contribution < 1.29 is 13.9 Å². The van der Waals surface area contributed by atoms with Gasteiger partial charge in [-0.05, 0) is 51.0 Å². The third kappa shape index (κ3) is 4.94. The number of nitrogens with zero attached hydrogens (tertiary/aromatic N) is 3. The first kappa shape index (κ1) is 22.0. The van der Waals surface area contributed by atoms with Crippen molar-refractivity contribution in [2.75, 3.05) is 11.9 Å². The van der Waals surface area contributed by atoms with Gasteiger partial charge in [-0.2, -0.15) is 0 Å². The molecule has 8 nitrogen and oxygen atoms in total. The van der Waals surface area contributed by atoms with Crippen molar-refractivity contribution in [2.45, 2.75) is 63.1 Å². The van der Waals surface area contributed by atoms with E-state index in [1.807, 2.05) is 0 Å². The fraction of sp³-hybridized carbons (Fsp3) is 0.478. The highest BCUT2D eigenvalue weighted by atomic mass is 35.5. The molecule has 3 atom stereocenters. The minimum Gasteiger partial charge on any atom is -0.368 e. The third-order valence-electron chi connectivity index (χ3n) is 6.32. The molecule has 4 heterocycles. The maximum Gasteiger partial charge on any atom is 0.249 e. The molecule has 3 aromatic rings. The quantitative estimate of drug-likeness (QED) is 0.513. The lowest BCUT2D eigenvalue weighted by atomic mass is 9.90. The molecule has 3 aromatic heterocycles. The molecule has 33 heavy (non-hydrogen) atoms. The Labute approximate surface area is 195 Å². The van der Waals surface area contributed by atoms with Gasteiger partial charge in [0.2, 0.25) is 5.91 Å². The van der Waals surface area contributed by atoms with Crippen LogP contribution in [0.5, 0.6) is 0 Å². The van der Waals surface area contributed by atoms with Gasteiger partial charge in [-0.1, -0.05) is 11.6 Å². The van der Waals surface area contributed by atoms with Gasteiger partial charge in [-0.25, -0.2) is 19.3 Å². The molecular weight excluding hydrogens is 447 g/mol. The molecule has 0 bridgehead atoms. The minimum atomic E-state index is -0.517. The molecule has 0 spiro atoms. The highest BCUT2D eigenvalue weighted by Gasteiger charge is 2.28. The number of hydrogen-bond acceptors (Lipinski definition) is 6. The molecule has 0 radical (unpaired) electrons. The average molecular weight is 473 g/mol. The van der Waals surface area contributed by atoms with Crippen LogP contribution in [0.15, 0.2) is 24.7 Å². The zero-order valence-electron chi connectivity index (χ0n) is 18.1. The zero-order chi connectivity index (χ0) is 22.8. The summed E-state index contributed by atoms with van der Waals surface area (Å²) in [5.74, 6) is -0.0276. The van der Waals surface area contributed by atoms with Crippen molar-refractivity contribution in [1.29, 1.82) is 0 Å². The van der Waals surface area contributed by atoms with Crippen molar-refractivity contribution >= 4 is 34.4 Å². The second kappa shape index (κ2) is 9.61. The van der Waals surface area contributed by atoms with Crippen molar-refractivity contribution in [2.24, 2.45) is 0 Å². The molecule has 1 saturated heterocycles. The van der Waals surface area contributed by atoms with Crippen LogP contribution in [0.2, 0.25) is 5.02 Å². The number of aromatic amines is 1. The molecule has 2 unspecified atom stereocenters. The van der Waals surface area contributed by atoms with E-state index in [4.69, 9.17) is 16.3 Å². The normalized spacial score (nSPS) is 23.4. The van der Waals surface area contributed by atoms with E-state index in [-0.39, 0.29) is 29.9 Å². The Kier molecular flexibility index (Phi) is 6.41. The topological polar surface area (TPSA) is 105 Å². The smallest absolute Gasteiger partial charge is 0.249 e. The summed E-state index contributed by atoms with van der Waals surface area (Å²) in [6.45, 7) is 0.640. The van der Waals surface area contributed by atoms with Crippen LogP contribution in [0.3, 0.4) is 0 Å². The minimum absolute atomic E-state index is 0.00680. The van der Waals surface area contributed by atoms with Crippen molar-refractivity contribution in [3.63, 3.8) is 0 Å². The Hall–Kier alpha value is -2.78. The number of pyridine rings is 1. The summed E-state index contributed by atoms with van der Waals surface area (Å²) in [5, 5.41) is 7.62. The number of fused-ring (bicyclic) bond motifs is 1. The summed E-state index contributed by atoms with van der Waals surface area (Å²) >= 11 is 6.09. The summed E-state index contributed by atoms with van der Waals surface area (Å²) in [5.41, 5.74) is 1.36. The number of amides is 1. The number of ether oxygens (including phenoxy) is 1. The molecule has 1 amide bonds. The number of H-pyrrole nitrogens is 1. The van der Waals surface area contributed by atoms with Gasteiger partial charge >= 0.3 is 0 Å². The second-order valence-corrected chi connectivity index (χ2v) is 9.15. The van der Waals surface area contributed by atoms with Gasteiger partial charge in [0, 0.05) is 42.0 Å². The van der Waals surface area contributed by atoms with Gasteiger partial charge in [0.25, 0.3) is 0 Å². The Balaban J connectivity index is 1.28. The van der Waals surface area contributed by atoms with E-state index in [1.54, 1.807) is 18.5 Å². The maximum atomic E-state index is 14.6. The summed E-state index contributed by atoms with van der Waals surface area (Å²) in [6, 6.07) is 1.80. The molecule has 2 aliphatic rings. The lowest BCUT2D eigenvalue weighted by molar-refractivity contribution is -0.136. The van der Waals surface area contributed by atoms with Gasteiger partial charge in [-0.15, -0.1) is 0 Å². The molecule has 10 heteroatoms. The maximum absolute atomic E-state index is 14.6. The fourth-order valence-electron chi connectivity index (χ4n) is 4.65. The van der Waals surface area contributed by atoms with Crippen LogP contribution in [0.25, 0.3) is 22.4 Å². The van der Waals surface area contributed by atoms with Gasteiger partial charge in [0.15, 0.2) is 17.5 Å². The Morgan fingerprint density at radius 1 is 1.15 bits per heavy atom. The SMILES string of the molecule is O=C(NC1CCC[C@@H](Nc2nc(-c3c[nH]c4ncc(Cl)cc34)ncc2F)C1)C1CCCCO1. The van der Waals surface area contributed by atoms with Crippen LogP contribution in [0.1, 0.15) is 44.9 Å². The van der Waals surface area contributed by atoms with Gasteiger partial charge in [0.1, 0.15) is 11.8 Å². The number of nitrogens with one attached hydrogen (secondary N) is 3.